The molecule has 0 unspecified atom stereocenters. The summed E-state index contributed by atoms with van der Waals surface area (Å²) in [4.78, 5) is 23.9. The van der Waals surface area contributed by atoms with Crippen LogP contribution in [0.4, 0.5) is 4.39 Å². The number of ether oxygens (including phenoxy) is 2. The quantitative estimate of drug-likeness (QED) is 0.498. The minimum atomic E-state index is -1.21. The van der Waals surface area contributed by atoms with Gasteiger partial charge in [-0.25, -0.2) is 9.18 Å². The molecule has 4 nitrogen and oxygen atoms in total. The minimum Gasteiger partial charge on any atom is -0.441 e. The summed E-state index contributed by atoms with van der Waals surface area (Å²) in [5.74, 6) is -0.833. The SMILES string of the molecule is CC(=O)Oc1ccc([C@@]2(c3ccc(F)cc3)OC(=O)c3ccccc32)c(C)c1. The highest BCUT2D eigenvalue weighted by atomic mass is 19.1. The first-order chi connectivity index (χ1) is 13.4. The van der Waals surface area contributed by atoms with Crippen LogP contribution >= 0.6 is 0 Å². The summed E-state index contributed by atoms with van der Waals surface area (Å²) in [6, 6.07) is 18.2. The van der Waals surface area contributed by atoms with Crippen molar-refractivity contribution < 1.29 is 23.5 Å². The van der Waals surface area contributed by atoms with Crippen molar-refractivity contribution in [3.8, 4) is 5.75 Å². The molecule has 3 aromatic carbocycles. The molecule has 0 aromatic heterocycles. The number of hydrogen-bond acceptors (Lipinski definition) is 4. The molecule has 1 aliphatic heterocycles. The number of fused-ring (bicyclic) bond motifs is 1. The van der Waals surface area contributed by atoms with Crippen LogP contribution in [0.2, 0.25) is 0 Å². The van der Waals surface area contributed by atoms with Crippen molar-refractivity contribution in [1.29, 1.82) is 0 Å². The van der Waals surface area contributed by atoms with Crippen molar-refractivity contribution in [2.24, 2.45) is 0 Å². The summed E-state index contributed by atoms with van der Waals surface area (Å²) in [6.07, 6.45) is 0. The Balaban J connectivity index is 1.97. The largest absolute Gasteiger partial charge is 0.441 e. The molecule has 1 atom stereocenters. The summed E-state index contributed by atoms with van der Waals surface area (Å²) < 4.78 is 24.7. The molecule has 0 saturated heterocycles. The molecule has 5 heteroatoms. The number of carbonyl (C=O) groups excluding carboxylic acids is 2. The van der Waals surface area contributed by atoms with Gasteiger partial charge in [0.15, 0.2) is 5.60 Å². The second kappa shape index (κ2) is 6.60. The van der Waals surface area contributed by atoms with E-state index >= 15 is 0 Å². The van der Waals surface area contributed by atoms with Gasteiger partial charge in [0.05, 0.1) is 5.56 Å². The van der Waals surface area contributed by atoms with Gasteiger partial charge in [-0.2, -0.15) is 0 Å². The second-order valence-electron chi connectivity index (χ2n) is 6.69. The smallest absolute Gasteiger partial charge is 0.340 e. The van der Waals surface area contributed by atoms with Gasteiger partial charge in [0, 0.05) is 23.6 Å². The van der Waals surface area contributed by atoms with E-state index in [2.05, 4.69) is 0 Å². The third-order valence-corrected chi connectivity index (χ3v) is 4.86. The number of esters is 2. The zero-order chi connectivity index (χ0) is 19.9. The second-order valence-corrected chi connectivity index (χ2v) is 6.69. The van der Waals surface area contributed by atoms with Gasteiger partial charge in [-0.1, -0.05) is 36.4 Å². The Morgan fingerprint density at radius 3 is 2.39 bits per heavy atom. The van der Waals surface area contributed by atoms with E-state index in [1.165, 1.54) is 19.1 Å². The Labute approximate surface area is 161 Å². The van der Waals surface area contributed by atoms with Gasteiger partial charge >= 0.3 is 11.9 Å². The standard InChI is InChI=1S/C23H17FO4/c1-14-13-18(27-15(2)25)11-12-20(14)23(16-7-9-17(24)10-8-16)21-6-4-3-5-19(21)22(26)28-23/h3-13H,1-2H3/t23-/m1/s1. The molecule has 1 heterocycles. The number of aryl methyl sites for hydroxylation is 1. The molecule has 28 heavy (non-hydrogen) atoms. The molecule has 0 amide bonds. The highest BCUT2D eigenvalue weighted by Gasteiger charge is 2.49. The number of hydrogen-bond donors (Lipinski definition) is 0. The van der Waals surface area contributed by atoms with Crippen molar-refractivity contribution in [2.45, 2.75) is 19.4 Å². The Morgan fingerprint density at radius 2 is 1.71 bits per heavy atom. The first-order valence-electron chi connectivity index (χ1n) is 8.80. The van der Waals surface area contributed by atoms with Crippen LogP contribution in [-0.2, 0) is 15.1 Å². The van der Waals surface area contributed by atoms with Crippen molar-refractivity contribution in [3.63, 3.8) is 0 Å². The Kier molecular flexibility index (Phi) is 4.23. The van der Waals surface area contributed by atoms with E-state index in [0.717, 1.165) is 5.56 Å². The van der Waals surface area contributed by atoms with E-state index in [1.807, 2.05) is 19.1 Å². The lowest BCUT2D eigenvalue weighted by molar-refractivity contribution is -0.131. The Morgan fingerprint density at radius 1 is 1.00 bits per heavy atom. The fourth-order valence-electron chi connectivity index (χ4n) is 3.73. The molecule has 0 aliphatic carbocycles. The van der Waals surface area contributed by atoms with Crippen LogP contribution in [0.15, 0.2) is 66.7 Å². The molecule has 0 spiro atoms. The zero-order valence-corrected chi connectivity index (χ0v) is 15.4. The maximum atomic E-state index is 13.6. The van der Waals surface area contributed by atoms with Crippen LogP contribution in [-0.4, -0.2) is 11.9 Å². The maximum Gasteiger partial charge on any atom is 0.340 e. The van der Waals surface area contributed by atoms with Gasteiger partial charge < -0.3 is 9.47 Å². The highest BCUT2D eigenvalue weighted by Crippen LogP contribution is 2.48. The van der Waals surface area contributed by atoms with Crippen LogP contribution in [0.3, 0.4) is 0 Å². The highest BCUT2D eigenvalue weighted by molar-refractivity contribution is 5.96. The van der Waals surface area contributed by atoms with E-state index in [1.54, 1.807) is 42.5 Å². The van der Waals surface area contributed by atoms with Gasteiger partial charge in [0.25, 0.3) is 0 Å². The van der Waals surface area contributed by atoms with Gasteiger partial charge in [0.1, 0.15) is 11.6 Å². The molecule has 0 saturated carbocycles. The summed E-state index contributed by atoms with van der Waals surface area (Å²) in [7, 11) is 0. The van der Waals surface area contributed by atoms with E-state index in [9.17, 15) is 14.0 Å². The normalized spacial score (nSPS) is 17.8. The lowest BCUT2D eigenvalue weighted by Crippen LogP contribution is -2.30. The molecular formula is C23H17FO4. The van der Waals surface area contributed by atoms with E-state index < -0.39 is 17.5 Å². The molecule has 0 fully saturated rings. The van der Waals surface area contributed by atoms with Crippen molar-refractivity contribution in [3.05, 3.63) is 100 Å². The molecular weight excluding hydrogens is 359 g/mol. The number of halogens is 1. The van der Waals surface area contributed by atoms with Crippen molar-refractivity contribution >= 4 is 11.9 Å². The first kappa shape index (κ1) is 17.9. The molecule has 0 bridgehead atoms. The Hall–Kier alpha value is -3.47. The summed E-state index contributed by atoms with van der Waals surface area (Å²) >= 11 is 0. The van der Waals surface area contributed by atoms with Crippen LogP contribution < -0.4 is 4.74 Å². The molecule has 0 radical (unpaired) electrons. The fraction of sp³-hybridized carbons (Fsp3) is 0.130. The molecule has 0 N–H and O–H groups in total. The summed E-state index contributed by atoms with van der Waals surface area (Å²) in [6.45, 7) is 3.18. The van der Waals surface area contributed by atoms with Crippen LogP contribution in [0.1, 0.15) is 39.5 Å². The summed E-state index contributed by atoms with van der Waals surface area (Å²) in [5, 5.41) is 0. The van der Waals surface area contributed by atoms with Crippen LogP contribution in [0.5, 0.6) is 5.75 Å². The van der Waals surface area contributed by atoms with E-state index in [0.29, 0.717) is 28.0 Å². The molecule has 1 aliphatic rings. The summed E-state index contributed by atoms with van der Waals surface area (Å²) in [5.41, 5.74) is 2.07. The average Bonchev–Trinajstić information content (AvgIpc) is 2.96. The Bertz CT molecular complexity index is 1090. The lowest BCUT2D eigenvalue weighted by atomic mass is 9.78. The molecule has 4 rings (SSSR count). The van der Waals surface area contributed by atoms with Crippen LogP contribution in [0, 0.1) is 12.7 Å². The molecule has 140 valence electrons. The lowest BCUT2D eigenvalue weighted by Gasteiger charge is -2.31. The third kappa shape index (κ3) is 2.76. The predicted molar refractivity (Wildman–Crippen MR) is 101 cm³/mol. The predicted octanol–water partition coefficient (Wildman–Crippen LogP) is 4.52. The average molecular weight is 376 g/mol. The van der Waals surface area contributed by atoms with Gasteiger partial charge in [-0.3, -0.25) is 4.79 Å². The fourth-order valence-corrected chi connectivity index (χ4v) is 3.73. The minimum absolute atomic E-state index is 0.376. The van der Waals surface area contributed by atoms with Crippen LogP contribution in [0.25, 0.3) is 0 Å². The van der Waals surface area contributed by atoms with Gasteiger partial charge in [0.2, 0.25) is 0 Å². The monoisotopic (exact) mass is 376 g/mol. The number of benzene rings is 3. The van der Waals surface area contributed by atoms with Gasteiger partial charge in [-0.05, 0) is 42.8 Å². The van der Waals surface area contributed by atoms with E-state index in [-0.39, 0.29) is 5.82 Å². The van der Waals surface area contributed by atoms with E-state index in [4.69, 9.17) is 9.47 Å². The number of rotatable bonds is 3. The van der Waals surface area contributed by atoms with Crippen molar-refractivity contribution in [2.75, 3.05) is 0 Å². The first-order valence-corrected chi connectivity index (χ1v) is 8.80. The van der Waals surface area contributed by atoms with Crippen molar-refractivity contribution in [1.82, 2.24) is 0 Å². The topological polar surface area (TPSA) is 52.6 Å². The van der Waals surface area contributed by atoms with Gasteiger partial charge in [-0.15, -0.1) is 0 Å². The maximum absolute atomic E-state index is 13.6. The number of cyclic esters (lactones) is 1. The third-order valence-electron chi connectivity index (χ3n) is 4.86. The molecule has 3 aromatic rings. The zero-order valence-electron chi connectivity index (χ0n) is 15.4. The number of carbonyl (C=O) groups is 2.